The molecule has 0 saturated heterocycles. The van der Waals surface area contributed by atoms with Gasteiger partial charge in [-0.15, -0.1) is 0 Å². The van der Waals surface area contributed by atoms with Crippen molar-refractivity contribution < 1.29 is 9.53 Å². The van der Waals surface area contributed by atoms with Crippen LogP contribution in [0.25, 0.3) is 6.08 Å². The van der Waals surface area contributed by atoms with Gasteiger partial charge >= 0.3 is 5.69 Å². The molecule has 0 aliphatic rings. The van der Waals surface area contributed by atoms with Gasteiger partial charge in [0.1, 0.15) is 5.82 Å². The van der Waals surface area contributed by atoms with Crippen molar-refractivity contribution in [1.29, 1.82) is 0 Å². The van der Waals surface area contributed by atoms with E-state index in [1.54, 1.807) is 30.3 Å². The van der Waals surface area contributed by atoms with Crippen LogP contribution >= 0.6 is 11.6 Å². The Labute approximate surface area is 173 Å². The number of hydrogen-bond donors (Lipinski definition) is 2. The third-order valence-corrected chi connectivity index (χ3v) is 4.54. The first-order chi connectivity index (χ1) is 13.9. The highest BCUT2D eigenvalue weighted by Gasteiger charge is 2.22. The summed E-state index contributed by atoms with van der Waals surface area (Å²) in [5.74, 6) is -0.508. The second-order valence-electron chi connectivity index (χ2n) is 6.37. The lowest BCUT2D eigenvalue weighted by Crippen LogP contribution is -2.42. The lowest BCUT2D eigenvalue weighted by molar-refractivity contribution is -0.114. The zero-order chi connectivity index (χ0) is 21.4. The maximum Gasteiger partial charge on any atom is 0.330 e. The van der Waals surface area contributed by atoms with Crippen molar-refractivity contribution in [3.05, 3.63) is 61.8 Å². The van der Waals surface area contributed by atoms with Gasteiger partial charge in [0.25, 0.3) is 11.5 Å². The van der Waals surface area contributed by atoms with Gasteiger partial charge in [-0.05, 0) is 30.2 Å². The van der Waals surface area contributed by atoms with Crippen molar-refractivity contribution in [2.75, 3.05) is 30.9 Å². The lowest BCUT2D eigenvalue weighted by Gasteiger charge is -2.23. The molecule has 2 aromatic rings. The van der Waals surface area contributed by atoms with Crippen LogP contribution in [-0.2, 0) is 16.1 Å². The Morgan fingerprint density at radius 1 is 1.31 bits per heavy atom. The summed E-state index contributed by atoms with van der Waals surface area (Å²) in [5.41, 5.74) is 5.52. The van der Waals surface area contributed by atoms with Crippen LogP contribution in [0.3, 0.4) is 0 Å². The minimum Gasteiger partial charge on any atom is -0.383 e. The fraction of sp³-hybridized carbons (Fsp3) is 0.350. The van der Waals surface area contributed by atoms with Crippen molar-refractivity contribution in [2.24, 2.45) is 0 Å². The van der Waals surface area contributed by atoms with Crippen molar-refractivity contribution in [1.82, 2.24) is 9.55 Å². The Bertz CT molecular complexity index is 979. The smallest absolute Gasteiger partial charge is 0.330 e. The number of methoxy groups -OCH3 is 1. The maximum absolute atomic E-state index is 12.9. The Balaban J connectivity index is 2.43. The van der Waals surface area contributed by atoms with Crippen LogP contribution in [0.5, 0.6) is 0 Å². The molecule has 0 unspecified atom stereocenters. The SMILES string of the molecule is CCCCn1c(N)c(N(CCOC)C(=O)/C=C/c2ccc(Cl)cc2)c(=O)[nH]c1=O. The van der Waals surface area contributed by atoms with E-state index in [1.807, 2.05) is 6.92 Å². The van der Waals surface area contributed by atoms with E-state index in [0.29, 0.717) is 18.0 Å². The Kier molecular flexibility index (Phi) is 8.23. The molecule has 0 radical (unpaired) electrons. The molecule has 0 aliphatic heterocycles. The predicted molar refractivity (Wildman–Crippen MR) is 115 cm³/mol. The number of carbonyl (C=O) groups excluding carboxylic acids is 1. The molecule has 0 spiro atoms. The van der Waals surface area contributed by atoms with E-state index >= 15 is 0 Å². The number of unbranched alkanes of at least 4 members (excludes halogenated alkanes) is 1. The average molecular weight is 421 g/mol. The normalized spacial score (nSPS) is 11.1. The Morgan fingerprint density at radius 3 is 2.62 bits per heavy atom. The second kappa shape index (κ2) is 10.6. The molecule has 29 heavy (non-hydrogen) atoms. The number of aromatic nitrogens is 2. The largest absolute Gasteiger partial charge is 0.383 e. The number of hydrogen-bond acceptors (Lipinski definition) is 5. The topological polar surface area (TPSA) is 110 Å². The summed E-state index contributed by atoms with van der Waals surface area (Å²) in [4.78, 5) is 41.0. The van der Waals surface area contributed by atoms with E-state index in [1.165, 1.54) is 22.7 Å². The van der Waals surface area contributed by atoms with Gasteiger partial charge in [0.15, 0.2) is 5.69 Å². The van der Waals surface area contributed by atoms with Gasteiger partial charge < -0.3 is 10.5 Å². The van der Waals surface area contributed by atoms with Gasteiger partial charge in [-0.2, -0.15) is 0 Å². The molecule has 3 N–H and O–H groups in total. The monoisotopic (exact) mass is 420 g/mol. The van der Waals surface area contributed by atoms with Crippen molar-refractivity contribution >= 4 is 35.1 Å². The number of nitrogens with two attached hydrogens (primary N) is 1. The predicted octanol–water partition coefficient (Wildman–Crippen LogP) is 2.27. The number of rotatable bonds is 9. The zero-order valence-corrected chi connectivity index (χ0v) is 17.2. The zero-order valence-electron chi connectivity index (χ0n) is 16.5. The quantitative estimate of drug-likeness (QED) is 0.604. The van der Waals surface area contributed by atoms with Crippen LogP contribution in [0.4, 0.5) is 11.5 Å². The molecule has 1 amide bonds. The molecule has 0 bridgehead atoms. The van der Waals surface area contributed by atoms with E-state index in [4.69, 9.17) is 22.1 Å². The van der Waals surface area contributed by atoms with Gasteiger partial charge in [0.2, 0.25) is 0 Å². The molecular weight excluding hydrogens is 396 g/mol. The van der Waals surface area contributed by atoms with Gasteiger partial charge in [-0.3, -0.25) is 24.0 Å². The van der Waals surface area contributed by atoms with Gasteiger partial charge in [0.05, 0.1) is 6.61 Å². The number of nitrogen functional groups attached to an aromatic ring is 1. The summed E-state index contributed by atoms with van der Waals surface area (Å²) < 4.78 is 6.34. The number of ether oxygens (including phenoxy) is 1. The molecule has 0 aliphatic carbocycles. The van der Waals surface area contributed by atoms with E-state index in [0.717, 1.165) is 12.0 Å². The summed E-state index contributed by atoms with van der Waals surface area (Å²) in [6.07, 6.45) is 4.49. The Hall–Kier alpha value is -2.84. The fourth-order valence-corrected chi connectivity index (χ4v) is 2.85. The number of anilines is 2. The third-order valence-electron chi connectivity index (χ3n) is 4.29. The van der Waals surface area contributed by atoms with Crippen molar-refractivity contribution in [3.63, 3.8) is 0 Å². The molecule has 156 valence electrons. The van der Waals surface area contributed by atoms with Crippen LogP contribution in [0.2, 0.25) is 5.02 Å². The molecule has 1 heterocycles. The number of nitrogens with zero attached hydrogens (tertiary/aromatic N) is 2. The van der Waals surface area contributed by atoms with E-state index in [-0.39, 0.29) is 24.7 Å². The standard InChI is InChI=1S/C20H25ClN4O4/c1-3-4-11-25-18(22)17(19(27)23-20(25)28)24(12-13-29-2)16(26)10-7-14-5-8-15(21)9-6-14/h5-10H,3-4,11-13,22H2,1-2H3,(H,23,27,28)/b10-7+. The highest BCUT2D eigenvalue weighted by molar-refractivity contribution is 6.30. The minimum atomic E-state index is -0.718. The molecule has 0 fully saturated rings. The molecule has 0 atom stereocenters. The highest BCUT2D eigenvalue weighted by atomic mass is 35.5. The Morgan fingerprint density at radius 2 is 2.00 bits per heavy atom. The van der Waals surface area contributed by atoms with Crippen molar-refractivity contribution in [3.8, 4) is 0 Å². The highest BCUT2D eigenvalue weighted by Crippen LogP contribution is 2.18. The first kappa shape index (κ1) is 22.4. The maximum atomic E-state index is 12.9. The van der Waals surface area contributed by atoms with E-state index < -0.39 is 17.2 Å². The van der Waals surface area contributed by atoms with Crippen molar-refractivity contribution in [2.45, 2.75) is 26.3 Å². The average Bonchev–Trinajstić information content (AvgIpc) is 2.69. The summed E-state index contributed by atoms with van der Waals surface area (Å²) in [6, 6.07) is 6.94. The number of aromatic amines is 1. The molecule has 0 saturated carbocycles. The van der Waals surface area contributed by atoms with E-state index in [2.05, 4.69) is 4.98 Å². The molecule has 1 aromatic carbocycles. The number of amides is 1. The summed E-state index contributed by atoms with van der Waals surface area (Å²) in [7, 11) is 1.49. The molecular formula is C20H25ClN4O4. The van der Waals surface area contributed by atoms with Gasteiger partial charge in [0, 0.05) is 31.3 Å². The first-order valence-electron chi connectivity index (χ1n) is 9.25. The third kappa shape index (κ3) is 5.82. The second-order valence-corrected chi connectivity index (χ2v) is 6.80. The van der Waals surface area contributed by atoms with Crippen LogP contribution in [0.1, 0.15) is 25.3 Å². The van der Waals surface area contributed by atoms with Gasteiger partial charge in [-0.25, -0.2) is 4.79 Å². The summed E-state index contributed by atoms with van der Waals surface area (Å²) in [6.45, 7) is 2.61. The number of nitrogens with one attached hydrogen (secondary N) is 1. The number of H-pyrrole nitrogens is 1. The minimum absolute atomic E-state index is 0.0449. The molecule has 1 aromatic heterocycles. The van der Waals surface area contributed by atoms with Crippen LogP contribution in [-0.4, -0.2) is 35.7 Å². The number of halogens is 1. The lowest BCUT2D eigenvalue weighted by atomic mass is 10.2. The molecule has 8 nitrogen and oxygen atoms in total. The number of benzene rings is 1. The van der Waals surface area contributed by atoms with E-state index in [9.17, 15) is 14.4 Å². The fourth-order valence-electron chi connectivity index (χ4n) is 2.72. The molecule has 2 rings (SSSR count). The van der Waals surface area contributed by atoms with Gasteiger partial charge in [-0.1, -0.05) is 37.1 Å². The van der Waals surface area contributed by atoms with Crippen LogP contribution in [0.15, 0.2) is 39.9 Å². The number of carbonyl (C=O) groups is 1. The summed E-state index contributed by atoms with van der Waals surface area (Å²) in [5, 5.41) is 0.587. The summed E-state index contributed by atoms with van der Waals surface area (Å²) >= 11 is 5.87. The first-order valence-corrected chi connectivity index (χ1v) is 9.63. The van der Waals surface area contributed by atoms with Crippen LogP contribution < -0.4 is 21.9 Å². The molecule has 9 heteroatoms. The van der Waals surface area contributed by atoms with Crippen LogP contribution in [0, 0.1) is 0 Å².